The van der Waals surface area contributed by atoms with Crippen LogP contribution in [0, 0.1) is 3.57 Å². The maximum absolute atomic E-state index is 13.0. The van der Waals surface area contributed by atoms with Gasteiger partial charge in [0.2, 0.25) is 5.91 Å². The zero-order valence-electron chi connectivity index (χ0n) is 21.4. The summed E-state index contributed by atoms with van der Waals surface area (Å²) in [7, 11) is 0. The molecule has 10 heteroatoms. The first kappa shape index (κ1) is 27.5. The lowest BCUT2D eigenvalue weighted by Crippen LogP contribution is -2.46. The van der Waals surface area contributed by atoms with Crippen molar-refractivity contribution in [3.63, 3.8) is 0 Å². The van der Waals surface area contributed by atoms with Crippen molar-refractivity contribution in [2.24, 2.45) is 0 Å². The number of amides is 3. The van der Waals surface area contributed by atoms with Crippen molar-refractivity contribution in [3.8, 4) is 11.5 Å². The second-order valence-corrected chi connectivity index (χ2v) is 11.1. The molecule has 2 heterocycles. The number of carbonyl (C=O) groups excluding carboxylic acids is 3. The predicted octanol–water partition coefficient (Wildman–Crippen LogP) is 5.32. The average molecular weight is 659 g/mol. The number of halogens is 1. The van der Waals surface area contributed by atoms with Gasteiger partial charge in [0.1, 0.15) is 13.2 Å². The molecule has 0 atom stereocenters. The van der Waals surface area contributed by atoms with Crippen molar-refractivity contribution in [3.05, 3.63) is 74.2 Å². The van der Waals surface area contributed by atoms with Crippen molar-refractivity contribution in [2.45, 2.75) is 13.5 Å². The van der Waals surface area contributed by atoms with Gasteiger partial charge in [0.05, 0.1) is 28.3 Å². The van der Waals surface area contributed by atoms with E-state index in [1.165, 1.54) is 0 Å². The van der Waals surface area contributed by atoms with Gasteiger partial charge < -0.3 is 19.1 Å². The second-order valence-electron chi connectivity index (χ2n) is 8.95. The largest absolute Gasteiger partial charge is 0.490 e. The van der Waals surface area contributed by atoms with E-state index in [-0.39, 0.29) is 17.4 Å². The summed E-state index contributed by atoms with van der Waals surface area (Å²) >= 11 is 3.02. The lowest BCUT2D eigenvalue weighted by atomic mass is 10.1. The summed E-state index contributed by atoms with van der Waals surface area (Å²) in [5.74, 6) is 0.433. The van der Waals surface area contributed by atoms with E-state index in [0.717, 1.165) is 36.6 Å². The van der Waals surface area contributed by atoms with Gasteiger partial charge in [-0.3, -0.25) is 19.3 Å². The highest BCUT2D eigenvalue weighted by Crippen LogP contribution is 2.38. The monoisotopic (exact) mass is 658 g/mol. The van der Waals surface area contributed by atoms with Gasteiger partial charge in [-0.1, -0.05) is 42.5 Å². The number of imide groups is 1. The van der Waals surface area contributed by atoms with Gasteiger partial charge in [-0.25, -0.2) is 0 Å². The van der Waals surface area contributed by atoms with Crippen LogP contribution in [0.25, 0.3) is 16.8 Å². The van der Waals surface area contributed by atoms with Crippen molar-refractivity contribution >= 4 is 68.3 Å². The molecule has 0 N–H and O–H groups in total. The van der Waals surface area contributed by atoms with E-state index in [9.17, 15) is 14.4 Å². The molecule has 39 heavy (non-hydrogen) atoms. The molecular formula is C29H27IN2O6S. The highest BCUT2D eigenvalue weighted by Gasteiger charge is 2.37. The molecule has 3 amide bonds. The molecule has 202 valence electrons. The number of ether oxygens (including phenoxy) is 3. The summed E-state index contributed by atoms with van der Waals surface area (Å²) in [6, 6.07) is 18.0. The van der Waals surface area contributed by atoms with Crippen LogP contribution in [0.1, 0.15) is 18.1 Å². The molecular weight excluding hydrogens is 631 g/mol. The molecule has 0 radical (unpaired) electrons. The van der Waals surface area contributed by atoms with Crippen molar-refractivity contribution < 1.29 is 28.6 Å². The number of fused-ring (bicyclic) bond motifs is 1. The molecule has 0 unspecified atom stereocenters. The van der Waals surface area contributed by atoms with Crippen LogP contribution >= 0.6 is 34.4 Å². The van der Waals surface area contributed by atoms with Crippen LogP contribution in [0.15, 0.2) is 59.5 Å². The number of morpholine rings is 1. The first-order chi connectivity index (χ1) is 18.9. The van der Waals surface area contributed by atoms with Gasteiger partial charge in [-0.2, -0.15) is 0 Å². The Morgan fingerprint density at radius 3 is 2.64 bits per heavy atom. The lowest BCUT2D eigenvalue weighted by Gasteiger charge is -2.28. The predicted molar refractivity (Wildman–Crippen MR) is 159 cm³/mol. The van der Waals surface area contributed by atoms with Crippen LogP contribution in [-0.4, -0.2) is 66.3 Å². The van der Waals surface area contributed by atoms with Gasteiger partial charge in [0.25, 0.3) is 11.1 Å². The maximum Gasteiger partial charge on any atom is 0.294 e. The van der Waals surface area contributed by atoms with Crippen LogP contribution in [0.2, 0.25) is 0 Å². The van der Waals surface area contributed by atoms with E-state index in [1.54, 1.807) is 17.0 Å². The molecule has 8 nitrogen and oxygen atoms in total. The molecule has 2 fully saturated rings. The minimum atomic E-state index is -0.476. The topological polar surface area (TPSA) is 85.4 Å². The SMILES string of the molecule is CCOc1cc(/C=C2/SC(=O)N(CC(=O)N3CCOCC3)C2=O)cc(I)c1OCc1cccc2ccccc12. The average Bonchev–Trinajstić information content (AvgIpc) is 3.20. The number of benzene rings is 3. The molecule has 3 aromatic carbocycles. The Morgan fingerprint density at radius 1 is 1.08 bits per heavy atom. The molecule has 0 aliphatic carbocycles. The van der Waals surface area contributed by atoms with Crippen LogP contribution in [0.3, 0.4) is 0 Å². The van der Waals surface area contributed by atoms with E-state index < -0.39 is 11.1 Å². The molecule has 3 aromatic rings. The molecule has 0 bridgehead atoms. The van der Waals surface area contributed by atoms with Gasteiger partial charge in [-0.05, 0) is 81.4 Å². The zero-order chi connectivity index (χ0) is 27.4. The summed E-state index contributed by atoms with van der Waals surface area (Å²) in [4.78, 5) is 41.1. The third-order valence-electron chi connectivity index (χ3n) is 6.41. The van der Waals surface area contributed by atoms with E-state index in [2.05, 4.69) is 40.8 Å². The molecule has 0 saturated carbocycles. The van der Waals surface area contributed by atoms with Crippen molar-refractivity contribution in [2.75, 3.05) is 39.5 Å². The third kappa shape index (κ3) is 6.23. The highest BCUT2D eigenvalue weighted by molar-refractivity contribution is 14.1. The fourth-order valence-corrected chi connectivity index (χ4v) is 6.10. The highest BCUT2D eigenvalue weighted by atomic mass is 127. The molecule has 2 saturated heterocycles. The first-order valence-electron chi connectivity index (χ1n) is 12.6. The number of thioether (sulfide) groups is 1. The summed E-state index contributed by atoms with van der Waals surface area (Å²) < 4.78 is 18.2. The Labute approximate surface area is 244 Å². The van der Waals surface area contributed by atoms with Crippen LogP contribution in [-0.2, 0) is 20.9 Å². The minimum absolute atomic E-state index is 0.261. The Morgan fingerprint density at radius 2 is 1.85 bits per heavy atom. The fourth-order valence-electron chi connectivity index (χ4n) is 4.48. The van der Waals surface area contributed by atoms with Gasteiger partial charge >= 0.3 is 0 Å². The Hall–Kier alpha value is -3.09. The number of carbonyl (C=O) groups is 3. The van der Waals surface area contributed by atoms with E-state index in [1.807, 2.05) is 37.3 Å². The normalized spacial score (nSPS) is 16.8. The van der Waals surface area contributed by atoms with E-state index in [4.69, 9.17) is 14.2 Å². The molecule has 2 aliphatic heterocycles. The van der Waals surface area contributed by atoms with Gasteiger partial charge in [-0.15, -0.1) is 0 Å². The molecule has 0 aromatic heterocycles. The molecule has 0 spiro atoms. The first-order valence-corrected chi connectivity index (χ1v) is 14.5. The minimum Gasteiger partial charge on any atom is -0.490 e. The Balaban J connectivity index is 1.34. The van der Waals surface area contributed by atoms with Crippen LogP contribution in [0.4, 0.5) is 4.79 Å². The molecule has 5 rings (SSSR count). The smallest absolute Gasteiger partial charge is 0.294 e. The van der Waals surface area contributed by atoms with Crippen LogP contribution in [0.5, 0.6) is 11.5 Å². The number of hydrogen-bond acceptors (Lipinski definition) is 7. The van der Waals surface area contributed by atoms with Crippen molar-refractivity contribution in [1.29, 1.82) is 0 Å². The molecule has 2 aliphatic rings. The zero-order valence-corrected chi connectivity index (χ0v) is 24.3. The fraction of sp³-hybridized carbons (Fsp3) is 0.276. The summed E-state index contributed by atoms with van der Waals surface area (Å²) in [5.41, 5.74) is 1.76. The van der Waals surface area contributed by atoms with Gasteiger partial charge in [0, 0.05) is 13.1 Å². The van der Waals surface area contributed by atoms with Crippen molar-refractivity contribution in [1.82, 2.24) is 9.80 Å². The standard InChI is InChI=1S/C29H27IN2O6S/c1-2-37-24-15-19(14-23(30)27(24)38-18-21-8-5-7-20-6-3-4-9-22(20)21)16-25-28(34)32(29(35)39-25)17-26(33)31-10-12-36-13-11-31/h3-9,14-16H,2,10-13,17-18H2,1H3/b25-16+. The summed E-state index contributed by atoms with van der Waals surface area (Å²) in [5, 5.41) is 1.82. The third-order valence-corrected chi connectivity index (χ3v) is 8.12. The van der Waals surface area contributed by atoms with E-state index in [0.29, 0.717) is 56.6 Å². The Kier molecular flexibility index (Phi) is 8.73. The summed E-state index contributed by atoms with van der Waals surface area (Å²) in [6.07, 6.45) is 1.66. The van der Waals surface area contributed by atoms with Gasteiger partial charge in [0.15, 0.2) is 11.5 Å². The van der Waals surface area contributed by atoms with Crippen LogP contribution < -0.4 is 9.47 Å². The lowest BCUT2D eigenvalue weighted by molar-refractivity contribution is -0.139. The number of nitrogens with zero attached hydrogens (tertiary/aromatic N) is 2. The van der Waals surface area contributed by atoms with E-state index >= 15 is 0 Å². The Bertz CT molecular complexity index is 1450. The summed E-state index contributed by atoms with van der Waals surface area (Å²) in [6.45, 7) is 4.25. The maximum atomic E-state index is 13.0. The number of rotatable bonds is 8. The quantitative estimate of drug-likeness (QED) is 0.240. The second kappa shape index (κ2) is 12.4. The number of hydrogen-bond donors (Lipinski definition) is 0.